The van der Waals surface area contributed by atoms with Crippen molar-refractivity contribution in [1.29, 1.82) is 0 Å². The molecule has 0 aromatic heterocycles. The van der Waals surface area contributed by atoms with Crippen molar-refractivity contribution in [3.8, 4) is 11.1 Å². The highest BCUT2D eigenvalue weighted by Crippen LogP contribution is 2.35. The van der Waals surface area contributed by atoms with E-state index in [0.29, 0.717) is 24.5 Å². The van der Waals surface area contributed by atoms with Gasteiger partial charge in [-0.3, -0.25) is 0 Å². The second kappa shape index (κ2) is 6.38. The van der Waals surface area contributed by atoms with Gasteiger partial charge in [0.05, 0.1) is 0 Å². The van der Waals surface area contributed by atoms with Crippen molar-refractivity contribution in [1.82, 2.24) is 0 Å². The molecule has 0 spiro atoms. The first-order valence-electron chi connectivity index (χ1n) is 7.70. The van der Waals surface area contributed by atoms with Crippen LogP contribution in [0.3, 0.4) is 0 Å². The van der Waals surface area contributed by atoms with Gasteiger partial charge in [-0.1, -0.05) is 25.1 Å². The molecule has 0 aliphatic heterocycles. The van der Waals surface area contributed by atoms with E-state index in [1.54, 1.807) is 0 Å². The summed E-state index contributed by atoms with van der Waals surface area (Å²) in [7, 11) is 0. The summed E-state index contributed by atoms with van der Waals surface area (Å²) in [4.78, 5) is 0. The molecule has 0 bridgehead atoms. The van der Waals surface area contributed by atoms with Gasteiger partial charge in [-0.2, -0.15) is 0 Å². The predicted molar refractivity (Wildman–Crippen MR) is 82.7 cm³/mol. The Morgan fingerprint density at radius 2 is 1.42 bits per heavy atom. The van der Waals surface area contributed by atoms with Crippen LogP contribution in [-0.4, -0.2) is 0 Å². The van der Waals surface area contributed by atoms with Gasteiger partial charge in [-0.15, -0.1) is 0 Å². The Morgan fingerprint density at radius 1 is 0.833 bits per heavy atom. The van der Waals surface area contributed by atoms with E-state index in [-0.39, 0.29) is 16.7 Å². The molecule has 1 unspecified atom stereocenters. The maximum atomic E-state index is 14.4. The SMILES string of the molecule is CC1CC=C(c2ccc(-c3cc(F)c(F)c(F)c3)c(F)c2F)CC1. The standard InChI is InChI=1S/C19H15F5/c1-10-2-4-11(5-3-10)13-6-7-14(18(23)17(13)22)12-8-15(20)19(24)16(21)9-12/h4,6-10H,2-3,5H2,1H3. The quantitative estimate of drug-likeness (QED) is 0.448. The molecule has 0 saturated heterocycles. The topological polar surface area (TPSA) is 0 Å². The van der Waals surface area contributed by atoms with Crippen LogP contribution in [0.25, 0.3) is 16.7 Å². The molecule has 24 heavy (non-hydrogen) atoms. The van der Waals surface area contributed by atoms with Crippen LogP contribution in [-0.2, 0) is 0 Å². The first-order chi connectivity index (χ1) is 11.4. The lowest BCUT2D eigenvalue weighted by Gasteiger charge is -2.19. The summed E-state index contributed by atoms with van der Waals surface area (Å²) in [5, 5.41) is 0. The third-order valence-corrected chi connectivity index (χ3v) is 4.40. The van der Waals surface area contributed by atoms with Crippen LogP contribution < -0.4 is 0 Å². The third kappa shape index (κ3) is 2.95. The summed E-state index contributed by atoms with van der Waals surface area (Å²) in [5.74, 6) is -6.28. The van der Waals surface area contributed by atoms with Crippen LogP contribution in [0.4, 0.5) is 22.0 Å². The molecular formula is C19H15F5. The van der Waals surface area contributed by atoms with Gasteiger partial charge in [-0.05, 0) is 48.4 Å². The van der Waals surface area contributed by atoms with E-state index in [1.807, 2.05) is 6.08 Å². The zero-order chi connectivity index (χ0) is 17.4. The molecule has 0 nitrogen and oxygen atoms in total. The molecule has 0 N–H and O–H groups in total. The molecule has 2 aromatic carbocycles. The lowest BCUT2D eigenvalue weighted by Crippen LogP contribution is -2.04. The molecule has 126 valence electrons. The van der Waals surface area contributed by atoms with E-state index in [1.165, 1.54) is 12.1 Å². The molecular weight excluding hydrogens is 323 g/mol. The molecule has 1 aliphatic rings. The van der Waals surface area contributed by atoms with Crippen molar-refractivity contribution in [3.63, 3.8) is 0 Å². The summed E-state index contributed by atoms with van der Waals surface area (Å²) in [6.07, 6.45) is 4.23. The van der Waals surface area contributed by atoms with Crippen molar-refractivity contribution in [3.05, 3.63) is 65.0 Å². The zero-order valence-corrected chi connectivity index (χ0v) is 13.0. The van der Waals surface area contributed by atoms with Crippen molar-refractivity contribution in [2.75, 3.05) is 0 Å². The second-order valence-electron chi connectivity index (χ2n) is 6.15. The Morgan fingerprint density at radius 3 is 2.00 bits per heavy atom. The number of halogens is 5. The molecule has 2 aromatic rings. The molecule has 0 fully saturated rings. The van der Waals surface area contributed by atoms with Crippen LogP contribution >= 0.6 is 0 Å². The fourth-order valence-corrected chi connectivity index (χ4v) is 2.94. The minimum absolute atomic E-state index is 0.159. The van der Waals surface area contributed by atoms with Gasteiger partial charge < -0.3 is 0 Å². The van der Waals surface area contributed by atoms with Crippen molar-refractivity contribution in [2.24, 2.45) is 5.92 Å². The monoisotopic (exact) mass is 338 g/mol. The predicted octanol–water partition coefficient (Wildman–Crippen LogP) is 6.25. The Balaban J connectivity index is 2.05. The lowest BCUT2D eigenvalue weighted by molar-refractivity contribution is 0.447. The highest BCUT2D eigenvalue weighted by molar-refractivity contribution is 5.72. The number of hydrogen-bond acceptors (Lipinski definition) is 0. The fourth-order valence-electron chi connectivity index (χ4n) is 2.94. The summed E-state index contributed by atoms with van der Waals surface area (Å²) < 4.78 is 68.5. The third-order valence-electron chi connectivity index (χ3n) is 4.40. The summed E-state index contributed by atoms with van der Waals surface area (Å²) in [6.45, 7) is 2.09. The molecule has 1 aliphatic carbocycles. The number of benzene rings is 2. The normalized spacial score (nSPS) is 17.8. The smallest absolute Gasteiger partial charge is 0.194 e. The van der Waals surface area contributed by atoms with E-state index >= 15 is 0 Å². The van der Waals surface area contributed by atoms with E-state index in [0.717, 1.165) is 18.4 Å². The van der Waals surface area contributed by atoms with Gasteiger partial charge in [0.25, 0.3) is 0 Å². The van der Waals surface area contributed by atoms with E-state index < -0.39 is 29.1 Å². The molecule has 0 heterocycles. The van der Waals surface area contributed by atoms with Crippen LogP contribution in [0.5, 0.6) is 0 Å². The van der Waals surface area contributed by atoms with Gasteiger partial charge in [0.15, 0.2) is 29.1 Å². The Kier molecular flexibility index (Phi) is 4.43. The zero-order valence-electron chi connectivity index (χ0n) is 13.0. The minimum Gasteiger partial charge on any atom is -0.204 e. The Bertz CT molecular complexity index is 800. The van der Waals surface area contributed by atoms with Crippen LogP contribution in [0.15, 0.2) is 30.3 Å². The molecule has 5 heteroatoms. The van der Waals surface area contributed by atoms with Gasteiger partial charge in [0, 0.05) is 11.1 Å². The van der Waals surface area contributed by atoms with Gasteiger partial charge in [-0.25, -0.2) is 22.0 Å². The molecule has 0 amide bonds. The highest BCUT2D eigenvalue weighted by atomic mass is 19.2. The van der Waals surface area contributed by atoms with Crippen LogP contribution in [0.2, 0.25) is 0 Å². The summed E-state index contributed by atoms with van der Waals surface area (Å²) >= 11 is 0. The molecule has 0 saturated carbocycles. The number of rotatable bonds is 2. The maximum absolute atomic E-state index is 14.4. The van der Waals surface area contributed by atoms with Crippen molar-refractivity contribution in [2.45, 2.75) is 26.2 Å². The minimum atomic E-state index is -1.64. The first-order valence-corrected chi connectivity index (χ1v) is 7.70. The van der Waals surface area contributed by atoms with Gasteiger partial charge in [0.1, 0.15) is 0 Å². The Hall–Kier alpha value is -2.17. The first kappa shape index (κ1) is 16.7. The van der Waals surface area contributed by atoms with Gasteiger partial charge in [0.2, 0.25) is 0 Å². The average Bonchev–Trinajstić information content (AvgIpc) is 2.56. The van der Waals surface area contributed by atoms with E-state index in [2.05, 4.69) is 6.92 Å². The summed E-state index contributed by atoms with van der Waals surface area (Å²) in [5.41, 5.74) is 0.332. The lowest BCUT2D eigenvalue weighted by atomic mass is 9.87. The Labute approximate surface area is 136 Å². The van der Waals surface area contributed by atoms with Crippen LogP contribution in [0.1, 0.15) is 31.7 Å². The highest BCUT2D eigenvalue weighted by Gasteiger charge is 2.21. The number of hydrogen-bond donors (Lipinski definition) is 0. The van der Waals surface area contributed by atoms with E-state index in [4.69, 9.17) is 0 Å². The fraction of sp³-hybridized carbons (Fsp3) is 0.263. The van der Waals surface area contributed by atoms with Crippen LogP contribution in [0, 0.1) is 35.0 Å². The second-order valence-corrected chi connectivity index (χ2v) is 6.15. The summed E-state index contributed by atoms with van der Waals surface area (Å²) in [6, 6.07) is 3.96. The molecule has 1 atom stereocenters. The molecule has 0 radical (unpaired) electrons. The van der Waals surface area contributed by atoms with E-state index in [9.17, 15) is 22.0 Å². The van der Waals surface area contributed by atoms with Crippen molar-refractivity contribution >= 4 is 5.57 Å². The maximum Gasteiger partial charge on any atom is 0.194 e. The average molecular weight is 338 g/mol. The van der Waals surface area contributed by atoms with Gasteiger partial charge >= 0.3 is 0 Å². The van der Waals surface area contributed by atoms with Crippen molar-refractivity contribution < 1.29 is 22.0 Å². The largest absolute Gasteiger partial charge is 0.204 e. The number of allylic oxidation sites excluding steroid dienone is 2. The molecule has 3 rings (SSSR count).